The van der Waals surface area contributed by atoms with Crippen LogP contribution >= 0.6 is 22.9 Å². The zero-order chi connectivity index (χ0) is 18.5. The van der Waals surface area contributed by atoms with E-state index in [1.165, 1.54) is 23.5 Å². The maximum Gasteiger partial charge on any atom is 0.228 e. The standard InChI is InChI=1S/C20H18ClFN2OS/c1-2-24(12-14-6-5-7-15(22)10-14)19(25)11-16-13-26-20(23-16)17-8-3-4-9-18(17)21/h3-10,13H,2,11-12H2,1H3. The van der Waals surface area contributed by atoms with Gasteiger partial charge in [-0.05, 0) is 30.7 Å². The molecule has 0 N–H and O–H groups in total. The second-order valence-electron chi connectivity index (χ2n) is 5.84. The van der Waals surface area contributed by atoms with Crippen LogP contribution in [0, 0.1) is 5.82 Å². The van der Waals surface area contributed by atoms with Gasteiger partial charge in [0.1, 0.15) is 10.8 Å². The fraction of sp³-hybridized carbons (Fsp3) is 0.200. The molecule has 0 saturated heterocycles. The van der Waals surface area contributed by atoms with E-state index in [0.29, 0.717) is 23.8 Å². The van der Waals surface area contributed by atoms with Gasteiger partial charge in [-0.1, -0.05) is 41.9 Å². The molecule has 1 aromatic heterocycles. The summed E-state index contributed by atoms with van der Waals surface area (Å²) in [5.74, 6) is -0.331. The van der Waals surface area contributed by atoms with Crippen molar-refractivity contribution in [3.63, 3.8) is 0 Å². The molecule has 0 fully saturated rings. The summed E-state index contributed by atoms with van der Waals surface area (Å²) < 4.78 is 13.3. The van der Waals surface area contributed by atoms with Crippen LogP contribution in [0.3, 0.4) is 0 Å². The van der Waals surface area contributed by atoms with Gasteiger partial charge >= 0.3 is 0 Å². The van der Waals surface area contributed by atoms with Crippen molar-refractivity contribution in [1.82, 2.24) is 9.88 Å². The lowest BCUT2D eigenvalue weighted by atomic mass is 10.2. The normalized spacial score (nSPS) is 10.7. The SMILES string of the molecule is CCN(Cc1cccc(F)c1)C(=O)Cc1csc(-c2ccccc2Cl)n1. The molecule has 26 heavy (non-hydrogen) atoms. The Labute approximate surface area is 161 Å². The highest BCUT2D eigenvalue weighted by Gasteiger charge is 2.16. The van der Waals surface area contributed by atoms with Crippen molar-refractivity contribution >= 4 is 28.8 Å². The quantitative estimate of drug-likeness (QED) is 0.582. The molecule has 1 amide bonds. The van der Waals surface area contributed by atoms with Gasteiger partial charge in [-0.15, -0.1) is 11.3 Å². The molecule has 2 aromatic carbocycles. The number of rotatable bonds is 6. The van der Waals surface area contributed by atoms with Crippen molar-refractivity contribution in [2.45, 2.75) is 19.9 Å². The summed E-state index contributed by atoms with van der Waals surface area (Å²) in [6.07, 6.45) is 0.212. The van der Waals surface area contributed by atoms with Crippen molar-refractivity contribution in [1.29, 1.82) is 0 Å². The lowest BCUT2D eigenvalue weighted by molar-refractivity contribution is -0.130. The number of aromatic nitrogens is 1. The Kier molecular flexibility index (Phi) is 6.01. The Bertz CT molecular complexity index is 912. The molecule has 0 spiro atoms. The predicted octanol–water partition coefficient (Wildman–Crippen LogP) is 5.19. The van der Waals surface area contributed by atoms with E-state index in [-0.39, 0.29) is 18.1 Å². The van der Waals surface area contributed by atoms with E-state index in [2.05, 4.69) is 4.98 Å². The number of thiazole rings is 1. The van der Waals surface area contributed by atoms with Crippen LogP contribution in [0.4, 0.5) is 4.39 Å². The summed E-state index contributed by atoms with van der Waals surface area (Å²) in [6.45, 7) is 2.85. The molecule has 3 rings (SSSR count). The van der Waals surface area contributed by atoms with Gasteiger partial charge < -0.3 is 4.90 Å². The topological polar surface area (TPSA) is 33.2 Å². The van der Waals surface area contributed by atoms with E-state index < -0.39 is 0 Å². The molecule has 1 heterocycles. The molecule has 0 aliphatic rings. The molecule has 0 unspecified atom stereocenters. The van der Waals surface area contributed by atoms with E-state index in [4.69, 9.17) is 11.6 Å². The van der Waals surface area contributed by atoms with E-state index in [1.807, 2.05) is 42.6 Å². The summed E-state index contributed by atoms with van der Waals surface area (Å²) in [5.41, 5.74) is 2.35. The number of carbonyl (C=O) groups excluding carboxylic acids is 1. The van der Waals surface area contributed by atoms with Crippen LogP contribution in [0.15, 0.2) is 53.9 Å². The van der Waals surface area contributed by atoms with Crippen molar-refractivity contribution in [2.75, 3.05) is 6.54 Å². The van der Waals surface area contributed by atoms with Crippen molar-refractivity contribution in [3.05, 3.63) is 76.0 Å². The Balaban J connectivity index is 1.70. The third-order valence-corrected chi connectivity index (χ3v) is 5.24. The molecule has 134 valence electrons. The van der Waals surface area contributed by atoms with E-state index in [9.17, 15) is 9.18 Å². The fourth-order valence-corrected chi connectivity index (χ4v) is 3.79. The number of nitrogens with zero attached hydrogens (tertiary/aromatic N) is 2. The first-order valence-electron chi connectivity index (χ1n) is 8.28. The number of benzene rings is 2. The van der Waals surface area contributed by atoms with Gasteiger partial charge in [0, 0.05) is 24.0 Å². The van der Waals surface area contributed by atoms with Crippen molar-refractivity contribution in [3.8, 4) is 10.6 Å². The highest BCUT2D eigenvalue weighted by atomic mass is 35.5. The predicted molar refractivity (Wildman–Crippen MR) is 104 cm³/mol. The van der Waals surface area contributed by atoms with Crippen molar-refractivity contribution in [2.24, 2.45) is 0 Å². The van der Waals surface area contributed by atoms with Gasteiger partial charge in [-0.3, -0.25) is 4.79 Å². The molecule has 0 aliphatic carbocycles. The van der Waals surface area contributed by atoms with Gasteiger partial charge in [-0.25, -0.2) is 9.37 Å². The van der Waals surface area contributed by atoms with Crippen LogP contribution in [0.1, 0.15) is 18.2 Å². The third-order valence-electron chi connectivity index (χ3n) is 3.99. The first-order chi connectivity index (χ1) is 12.6. The minimum Gasteiger partial charge on any atom is -0.338 e. The zero-order valence-corrected chi connectivity index (χ0v) is 15.9. The molecule has 0 bridgehead atoms. The maximum atomic E-state index is 13.3. The average molecular weight is 389 g/mol. The molecule has 0 radical (unpaired) electrons. The number of hydrogen-bond acceptors (Lipinski definition) is 3. The lowest BCUT2D eigenvalue weighted by Gasteiger charge is -2.20. The molecular formula is C20H18ClFN2OS. The zero-order valence-electron chi connectivity index (χ0n) is 14.3. The monoisotopic (exact) mass is 388 g/mol. The average Bonchev–Trinajstić information content (AvgIpc) is 3.08. The maximum absolute atomic E-state index is 13.3. The third kappa shape index (κ3) is 4.48. The van der Waals surface area contributed by atoms with Gasteiger partial charge in [0.25, 0.3) is 0 Å². The van der Waals surface area contributed by atoms with Crippen LogP contribution in [-0.2, 0) is 17.8 Å². The highest BCUT2D eigenvalue weighted by Crippen LogP contribution is 2.30. The largest absolute Gasteiger partial charge is 0.338 e. The number of halogens is 2. The first kappa shape index (κ1) is 18.5. The Hall–Kier alpha value is -2.24. The molecular weight excluding hydrogens is 371 g/mol. The van der Waals surface area contributed by atoms with Gasteiger partial charge in [0.2, 0.25) is 5.91 Å². The Morgan fingerprint density at radius 1 is 1.23 bits per heavy atom. The molecule has 0 atom stereocenters. The summed E-state index contributed by atoms with van der Waals surface area (Å²) >= 11 is 7.68. The second-order valence-corrected chi connectivity index (χ2v) is 7.10. The first-order valence-corrected chi connectivity index (χ1v) is 9.54. The Morgan fingerprint density at radius 2 is 2.04 bits per heavy atom. The molecule has 6 heteroatoms. The Morgan fingerprint density at radius 3 is 2.77 bits per heavy atom. The molecule has 0 saturated carbocycles. The number of carbonyl (C=O) groups is 1. The molecule has 3 aromatic rings. The summed E-state index contributed by atoms with van der Waals surface area (Å²) in [5, 5.41) is 3.32. The number of hydrogen-bond donors (Lipinski definition) is 0. The molecule has 3 nitrogen and oxygen atoms in total. The van der Waals surface area contributed by atoms with Crippen LogP contribution in [0.5, 0.6) is 0 Å². The number of likely N-dealkylation sites (N-methyl/N-ethyl adjacent to an activating group) is 1. The van der Waals surface area contributed by atoms with Crippen LogP contribution in [-0.4, -0.2) is 22.3 Å². The fourth-order valence-electron chi connectivity index (χ4n) is 2.65. The minimum absolute atomic E-state index is 0.0345. The smallest absolute Gasteiger partial charge is 0.228 e. The summed E-state index contributed by atoms with van der Waals surface area (Å²) in [7, 11) is 0. The number of amides is 1. The highest BCUT2D eigenvalue weighted by molar-refractivity contribution is 7.13. The molecule has 0 aliphatic heterocycles. The van der Waals surface area contributed by atoms with E-state index in [0.717, 1.165) is 16.1 Å². The minimum atomic E-state index is -0.296. The van der Waals surface area contributed by atoms with Crippen molar-refractivity contribution < 1.29 is 9.18 Å². The summed E-state index contributed by atoms with van der Waals surface area (Å²) in [6, 6.07) is 13.8. The second kappa shape index (κ2) is 8.43. The van der Waals surface area contributed by atoms with E-state index >= 15 is 0 Å². The van der Waals surface area contributed by atoms with Crippen LogP contribution in [0.2, 0.25) is 5.02 Å². The van der Waals surface area contributed by atoms with Gasteiger partial charge in [0.15, 0.2) is 0 Å². The summed E-state index contributed by atoms with van der Waals surface area (Å²) in [4.78, 5) is 18.9. The van der Waals surface area contributed by atoms with Crippen LogP contribution < -0.4 is 0 Å². The van der Waals surface area contributed by atoms with Gasteiger partial charge in [-0.2, -0.15) is 0 Å². The van der Waals surface area contributed by atoms with Crippen LogP contribution in [0.25, 0.3) is 10.6 Å². The van der Waals surface area contributed by atoms with Gasteiger partial charge in [0.05, 0.1) is 17.1 Å². The lowest BCUT2D eigenvalue weighted by Crippen LogP contribution is -2.31. The van der Waals surface area contributed by atoms with E-state index in [1.54, 1.807) is 11.0 Å².